The van der Waals surface area contributed by atoms with Crippen LogP contribution in [0.4, 0.5) is 13.2 Å². The first-order valence-electron chi connectivity index (χ1n) is 24.3. The summed E-state index contributed by atoms with van der Waals surface area (Å²) in [7, 11) is 0. The number of nitrogens with one attached hydrogen (secondary N) is 3. The zero-order valence-electron chi connectivity index (χ0n) is 41.0. The first kappa shape index (κ1) is 47.7. The molecule has 0 spiro atoms. The minimum atomic E-state index is -2.94. The number of aryl methyl sites for hydroxylation is 4. The van der Waals surface area contributed by atoms with Gasteiger partial charge in [-0.3, -0.25) is 9.59 Å². The highest BCUT2D eigenvalue weighted by Crippen LogP contribution is 2.43. The van der Waals surface area contributed by atoms with Crippen molar-refractivity contribution in [3.05, 3.63) is 107 Å². The fourth-order valence-corrected chi connectivity index (χ4v) is 10.2. The van der Waals surface area contributed by atoms with Crippen LogP contribution in [0.1, 0.15) is 140 Å². The normalized spacial score (nSPS) is 24.1. The van der Waals surface area contributed by atoms with Gasteiger partial charge in [-0.25, -0.2) is 23.1 Å². The number of Topliss-reactive ketones (excluding diaryl/α,β-unsaturated/α-hetero) is 1. The lowest BCUT2D eigenvalue weighted by Gasteiger charge is -2.39. The van der Waals surface area contributed by atoms with Crippen LogP contribution in [0.5, 0.6) is 0 Å². The highest BCUT2D eigenvalue weighted by Gasteiger charge is 2.48. The molecule has 12 heteroatoms. The molecule has 2 aliphatic heterocycles. The molecule has 2 saturated heterocycles. The van der Waals surface area contributed by atoms with Gasteiger partial charge in [-0.2, -0.15) is 0 Å². The Bertz CT molecular complexity index is 2690. The van der Waals surface area contributed by atoms with Crippen LogP contribution in [-0.4, -0.2) is 67.6 Å². The average molecular weight is 930 g/mol. The number of H-pyrrole nitrogens is 2. The van der Waals surface area contributed by atoms with Crippen molar-refractivity contribution in [1.29, 1.82) is 0 Å². The molecule has 2 fully saturated rings. The summed E-state index contributed by atoms with van der Waals surface area (Å²) in [6.07, 6.45) is 3.77. The maximum absolute atomic E-state index is 14.6. The molecule has 4 heterocycles. The summed E-state index contributed by atoms with van der Waals surface area (Å²) < 4.78 is 53.9. The summed E-state index contributed by atoms with van der Waals surface area (Å²) in [4.78, 5) is 44.6. The number of fused-ring (bicyclic) bond motifs is 2. The Kier molecular flexibility index (Phi) is 12.1. The minimum Gasteiger partial charge on any atom is -0.364 e. The number of hydrogen-bond acceptors (Lipinski definition) is 6. The smallest absolute Gasteiger partial charge is 0.271 e. The Morgan fingerprint density at radius 1 is 0.647 bits per heavy atom. The highest BCUT2D eigenvalue weighted by molar-refractivity contribution is 5.89. The van der Waals surface area contributed by atoms with Crippen molar-refractivity contribution in [2.24, 2.45) is 10.8 Å². The highest BCUT2D eigenvalue weighted by atomic mass is 19.3. The van der Waals surface area contributed by atoms with Gasteiger partial charge in [0.15, 0.2) is 5.78 Å². The van der Waals surface area contributed by atoms with E-state index in [0.717, 1.165) is 64.7 Å². The van der Waals surface area contributed by atoms with Gasteiger partial charge in [0.25, 0.3) is 11.8 Å². The second kappa shape index (κ2) is 17.3. The van der Waals surface area contributed by atoms with Crippen molar-refractivity contribution in [3.8, 4) is 22.3 Å². The Labute approximate surface area is 397 Å². The molecule has 1 unspecified atom stereocenters. The van der Waals surface area contributed by atoms with Gasteiger partial charge in [0.2, 0.25) is 0 Å². The fourth-order valence-electron chi connectivity index (χ4n) is 10.2. The number of ketones is 1. The van der Waals surface area contributed by atoms with Gasteiger partial charge in [-0.05, 0) is 145 Å². The third-order valence-corrected chi connectivity index (χ3v) is 15.0. The van der Waals surface area contributed by atoms with Crippen molar-refractivity contribution >= 4 is 33.8 Å². The largest absolute Gasteiger partial charge is 0.364 e. The van der Waals surface area contributed by atoms with Gasteiger partial charge < -0.3 is 24.8 Å². The van der Waals surface area contributed by atoms with Crippen LogP contribution >= 0.6 is 0 Å². The van der Waals surface area contributed by atoms with Gasteiger partial charge in [0.05, 0.1) is 34.7 Å². The number of carbonyl (C=O) groups excluding carboxylic acids is 2. The number of benzene rings is 4. The predicted molar refractivity (Wildman–Crippen MR) is 262 cm³/mol. The predicted octanol–water partition coefficient (Wildman–Crippen LogP) is 12.5. The first-order valence-corrected chi connectivity index (χ1v) is 24.3. The van der Waals surface area contributed by atoms with E-state index in [0.29, 0.717) is 18.7 Å². The molecule has 9 nitrogen and oxygen atoms in total. The second-order valence-corrected chi connectivity index (χ2v) is 22.8. The van der Waals surface area contributed by atoms with E-state index in [1.807, 2.05) is 26.8 Å². The summed E-state index contributed by atoms with van der Waals surface area (Å²) >= 11 is 0. The van der Waals surface area contributed by atoms with E-state index < -0.39 is 53.2 Å². The monoisotopic (exact) mass is 930 g/mol. The van der Waals surface area contributed by atoms with Crippen LogP contribution in [-0.2, 0) is 44.7 Å². The van der Waals surface area contributed by atoms with Crippen molar-refractivity contribution in [2.75, 3.05) is 13.2 Å². The van der Waals surface area contributed by atoms with Crippen LogP contribution < -0.4 is 5.32 Å². The molecule has 4 bridgehead atoms. The van der Waals surface area contributed by atoms with Gasteiger partial charge in [0.1, 0.15) is 35.1 Å². The van der Waals surface area contributed by atoms with E-state index in [-0.39, 0.29) is 36.6 Å². The van der Waals surface area contributed by atoms with Crippen molar-refractivity contribution < 1.29 is 32.2 Å². The van der Waals surface area contributed by atoms with Gasteiger partial charge in [0, 0.05) is 18.8 Å². The van der Waals surface area contributed by atoms with Crippen LogP contribution in [0.25, 0.3) is 44.3 Å². The lowest BCUT2D eigenvalue weighted by molar-refractivity contribution is -0.190. The molecule has 1 amide bonds. The van der Waals surface area contributed by atoms with Crippen molar-refractivity contribution in [2.45, 2.75) is 155 Å². The second-order valence-electron chi connectivity index (χ2n) is 22.8. The molecular formula is C56H66F3N5O4. The Morgan fingerprint density at radius 2 is 1.18 bits per heavy atom. The van der Waals surface area contributed by atoms with Crippen LogP contribution in [0.15, 0.2) is 72.8 Å². The number of hydrogen-bond donors (Lipinski definition) is 3. The lowest BCUT2D eigenvalue weighted by atomic mass is 9.74. The molecule has 2 aromatic heterocycles. The third-order valence-electron chi connectivity index (χ3n) is 15.0. The van der Waals surface area contributed by atoms with Crippen LogP contribution in [0, 0.1) is 10.8 Å². The third kappa shape index (κ3) is 9.77. The van der Waals surface area contributed by atoms with Crippen LogP contribution in [0.3, 0.4) is 0 Å². The van der Waals surface area contributed by atoms with Gasteiger partial charge in [-0.15, -0.1) is 0 Å². The van der Waals surface area contributed by atoms with Gasteiger partial charge >= 0.3 is 0 Å². The summed E-state index contributed by atoms with van der Waals surface area (Å²) in [5, 5.41) is 3.10. The number of aromatic amines is 2. The number of rotatable bonds is 9. The number of imidazole rings is 2. The molecule has 6 aromatic rings. The summed E-state index contributed by atoms with van der Waals surface area (Å²) in [5.74, 6) is -2.21. The summed E-state index contributed by atoms with van der Waals surface area (Å²) in [6, 6.07) is 25.9. The van der Waals surface area contributed by atoms with E-state index in [1.54, 1.807) is 13.8 Å². The molecular weight excluding hydrogens is 864 g/mol. The Morgan fingerprint density at radius 3 is 1.68 bits per heavy atom. The molecule has 0 saturated carbocycles. The number of aromatic nitrogens is 4. The summed E-state index contributed by atoms with van der Waals surface area (Å²) in [6.45, 7) is 16.5. The molecule has 4 aromatic carbocycles. The van der Waals surface area contributed by atoms with Crippen LogP contribution in [0.2, 0.25) is 0 Å². The minimum absolute atomic E-state index is 0.0196. The molecule has 4 aliphatic carbocycles. The maximum atomic E-state index is 14.6. The van der Waals surface area contributed by atoms with E-state index in [2.05, 4.69) is 103 Å². The topological polar surface area (TPSA) is 122 Å². The Hall–Kier alpha value is -5.33. The average Bonchev–Trinajstić information content (AvgIpc) is 3.90. The Balaban J connectivity index is 0.949. The molecule has 68 heavy (non-hydrogen) atoms. The SMILES string of the molecule is CC1(F)CC[C@](C)(C(=O)C[C@H](c2nc3ccc(-c4cc5ccc4CCc4ccc(c(-c6ccc7nc([C@@H](NC(=O)[C@@]8(C)CCC(F)(F)CO8)C(C)(C)C)[nH]c7c6)c4)CC5)cc3[nH]2)C(C)(C)C)OC1. The van der Waals surface area contributed by atoms with Gasteiger partial charge in [-0.1, -0.05) is 90.1 Å². The van der Waals surface area contributed by atoms with E-state index in [1.165, 1.54) is 40.3 Å². The molecule has 6 aliphatic rings. The number of nitrogens with zero attached hydrogens (tertiary/aromatic N) is 2. The molecule has 3 N–H and O–H groups in total. The quantitative estimate of drug-likeness (QED) is 0.133. The fraction of sp³-hybridized carbons (Fsp3) is 0.500. The summed E-state index contributed by atoms with van der Waals surface area (Å²) in [5.41, 5.74) is 8.40. The number of halogens is 3. The van der Waals surface area contributed by atoms with E-state index in [9.17, 15) is 22.8 Å². The number of alkyl halides is 3. The van der Waals surface area contributed by atoms with Crippen molar-refractivity contribution in [3.63, 3.8) is 0 Å². The number of ether oxygens (including phenoxy) is 2. The molecule has 360 valence electrons. The zero-order valence-corrected chi connectivity index (χ0v) is 41.0. The maximum Gasteiger partial charge on any atom is 0.271 e. The molecule has 12 rings (SSSR count). The standard InChI is InChI=1S/C56H66F3N5O4/c1-51(2,3)41(30-46(65)54(8)23-22-53(7,57)31-67-54)48-60-42-20-18-37(28-44(42)62-48)39-26-33-10-14-35(39)15-11-34-13-17-36(16-12-33)40(27-34)38-19-21-43-45(29-38)63-49(61-43)47(52(4,5)6)64-50(66)55(9)24-25-56(58,59)32-68-55/h10,13-14,17-21,26-29,41,47H,11-12,15-16,22-25,30-32H2,1-9H3,(H,60,62)(H,61,63)(H,64,66)/t41-,47-,53?,54-,55-/m1/s1. The molecule has 0 radical (unpaired) electrons. The number of carbonyl (C=O) groups is 2. The van der Waals surface area contributed by atoms with Crippen molar-refractivity contribution in [1.82, 2.24) is 25.3 Å². The lowest BCUT2D eigenvalue weighted by Crippen LogP contribution is -2.54. The van der Waals surface area contributed by atoms with E-state index in [4.69, 9.17) is 19.4 Å². The molecule has 5 atom stereocenters. The zero-order chi connectivity index (χ0) is 48.6. The van der Waals surface area contributed by atoms with E-state index >= 15 is 0 Å². The number of amides is 1. The first-order chi connectivity index (χ1) is 31.9.